The molecule has 0 spiro atoms. The van der Waals surface area contributed by atoms with Gasteiger partial charge in [0.1, 0.15) is 0 Å². The van der Waals surface area contributed by atoms with Crippen LogP contribution in [0.4, 0.5) is 0 Å². The van der Waals surface area contributed by atoms with Gasteiger partial charge in [0.15, 0.2) is 9.84 Å². The molecule has 0 heterocycles. The lowest BCUT2D eigenvalue weighted by Gasteiger charge is -2.15. The number of hydrogen-bond acceptors (Lipinski definition) is 3. The lowest BCUT2D eigenvalue weighted by atomic mass is 10.1. The Morgan fingerprint density at radius 1 is 0.737 bits per heavy atom. The third-order valence-electron chi connectivity index (χ3n) is 6.51. The summed E-state index contributed by atoms with van der Waals surface area (Å²) in [4.78, 5) is 0.371. The van der Waals surface area contributed by atoms with Gasteiger partial charge in [-0.25, -0.2) is 8.42 Å². The van der Waals surface area contributed by atoms with E-state index in [0.717, 1.165) is 36.8 Å². The van der Waals surface area contributed by atoms with Crippen molar-refractivity contribution in [2.24, 2.45) is 0 Å². The predicted octanol–water partition coefficient (Wildman–Crippen LogP) is 9.19. The van der Waals surface area contributed by atoms with Crippen molar-refractivity contribution in [1.29, 1.82) is 0 Å². The zero-order valence-corrected chi connectivity index (χ0v) is 24.8. The Hall–Kier alpha value is -2.69. The van der Waals surface area contributed by atoms with Gasteiger partial charge in [-0.2, -0.15) is 0 Å². The van der Waals surface area contributed by atoms with Crippen molar-refractivity contribution < 1.29 is 13.2 Å². The van der Waals surface area contributed by atoms with Gasteiger partial charge in [-0.05, 0) is 90.8 Å². The monoisotopic (exact) mass is 534 g/mol. The number of benzene rings is 2. The first-order valence-corrected chi connectivity index (χ1v) is 15.3. The van der Waals surface area contributed by atoms with E-state index in [-0.39, 0.29) is 0 Å². The highest BCUT2D eigenvalue weighted by molar-refractivity contribution is 7.92. The normalized spacial score (nSPS) is 13.9. The van der Waals surface area contributed by atoms with E-state index in [1.165, 1.54) is 16.7 Å². The molecule has 2 aromatic carbocycles. The minimum Gasteiger partial charge on any atom is -0.376 e. The first kappa shape index (κ1) is 31.5. The largest absolute Gasteiger partial charge is 0.376 e. The smallest absolute Gasteiger partial charge is 0.185 e. The van der Waals surface area contributed by atoms with Crippen LogP contribution >= 0.6 is 0 Å². The van der Waals surface area contributed by atoms with Gasteiger partial charge in [-0.15, -0.1) is 0 Å². The van der Waals surface area contributed by atoms with Crippen LogP contribution in [0.1, 0.15) is 78.7 Å². The highest BCUT2D eigenvalue weighted by atomic mass is 32.2. The topological polar surface area (TPSA) is 43.4 Å². The summed E-state index contributed by atoms with van der Waals surface area (Å²) in [5.74, 6) is 0. The summed E-state index contributed by atoms with van der Waals surface area (Å²) in [5, 5.41) is -0.602. The first-order valence-electron chi connectivity index (χ1n) is 13.7. The fourth-order valence-corrected chi connectivity index (χ4v) is 5.77. The molecule has 0 saturated carbocycles. The maximum atomic E-state index is 13.5. The van der Waals surface area contributed by atoms with Crippen molar-refractivity contribution in [3.05, 3.63) is 113 Å². The maximum Gasteiger partial charge on any atom is 0.185 e. The molecule has 0 amide bonds. The molecule has 4 heteroatoms. The van der Waals surface area contributed by atoms with Crippen molar-refractivity contribution in [3.63, 3.8) is 0 Å². The molecule has 0 aliphatic rings. The highest BCUT2D eigenvalue weighted by Gasteiger charge is 2.24. The van der Waals surface area contributed by atoms with Crippen LogP contribution in [0.25, 0.3) is 0 Å². The molecule has 0 N–H and O–H groups in total. The van der Waals surface area contributed by atoms with Crippen molar-refractivity contribution in [1.82, 2.24) is 0 Å². The second-order valence-electron chi connectivity index (χ2n) is 10.4. The van der Waals surface area contributed by atoms with E-state index in [4.69, 9.17) is 4.74 Å². The molecule has 38 heavy (non-hydrogen) atoms. The molecule has 1 unspecified atom stereocenters. The van der Waals surface area contributed by atoms with E-state index in [2.05, 4.69) is 45.9 Å². The second-order valence-corrected chi connectivity index (χ2v) is 12.6. The van der Waals surface area contributed by atoms with E-state index < -0.39 is 15.1 Å². The molecule has 0 bridgehead atoms. The van der Waals surface area contributed by atoms with Crippen LogP contribution in [0.15, 0.2) is 112 Å². The summed E-state index contributed by atoms with van der Waals surface area (Å²) in [5.41, 5.74) is 6.16. The molecule has 2 rings (SSSR count). The van der Waals surface area contributed by atoms with Crippen LogP contribution in [0.3, 0.4) is 0 Å². The molecule has 0 saturated heterocycles. The standard InChI is InChI=1S/C34H46O3S/c1-28(2)14-12-15-29(3)16-13-17-30(4)22-23-34(38(35,36)33-20-10-7-11-21-33)26-31(5)24-25-37-27-32-18-8-6-9-19-32/h6-11,14,16,18-22,26,34H,12-13,15,17,23-25,27H2,1-5H3/b29-16+,30-22+,31-26+. The van der Waals surface area contributed by atoms with E-state index >= 15 is 0 Å². The van der Waals surface area contributed by atoms with E-state index in [1.807, 2.05) is 49.4 Å². The van der Waals surface area contributed by atoms with Crippen LogP contribution in [0.2, 0.25) is 0 Å². The summed E-state index contributed by atoms with van der Waals surface area (Å²) in [7, 11) is -3.50. The van der Waals surface area contributed by atoms with E-state index in [0.29, 0.717) is 31.0 Å². The Labute approximate surface area is 231 Å². The summed E-state index contributed by atoms with van der Waals surface area (Å²) < 4.78 is 32.9. The number of ether oxygens (including phenoxy) is 1. The van der Waals surface area contributed by atoms with Crippen LogP contribution in [0.5, 0.6) is 0 Å². The second kappa shape index (κ2) is 17.0. The zero-order valence-electron chi connectivity index (χ0n) is 24.0. The minimum atomic E-state index is -3.50. The third kappa shape index (κ3) is 12.2. The lowest BCUT2D eigenvalue weighted by Crippen LogP contribution is -2.19. The summed E-state index contributed by atoms with van der Waals surface area (Å²) in [6.45, 7) is 11.7. The zero-order chi connectivity index (χ0) is 27.8. The van der Waals surface area contributed by atoms with Gasteiger partial charge < -0.3 is 4.74 Å². The van der Waals surface area contributed by atoms with Gasteiger partial charge in [-0.1, -0.05) is 95.1 Å². The van der Waals surface area contributed by atoms with Crippen LogP contribution in [0, 0.1) is 0 Å². The highest BCUT2D eigenvalue weighted by Crippen LogP contribution is 2.23. The number of hydrogen-bond donors (Lipinski definition) is 0. The fraction of sp³-hybridized carbons (Fsp3) is 0.412. The van der Waals surface area contributed by atoms with Gasteiger partial charge in [0.2, 0.25) is 0 Å². The Kier molecular flexibility index (Phi) is 14.1. The molecular weight excluding hydrogens is 488 g/mol. The van der Waals surface area contributed by atoms with Crippen molar-refractivity contribution in [2.75, 3.05) is 6.61 Å². The summed E-state index contributed by atoms with van der Waals surface area (Å²) >= 11 is 0. The molecule has 1 atom stereocenters. The van der Waals surface area contributed by atoms with Crippen molar-refractivity contribution in [2.45, 2.75) is 89.9 Å². The molecule has 206 valence electrons. The molecule has 3 nitrogen and oxygen atoms in total. The molecule has 0 fully saturated rings. The number of rotatable bonds is 16. The summed E-state index contributed by atoms with van der Waals surface area (Å²) in [6, 6.07) is 18.9. The first-order chi connectivity index (χ1) is 18.2. The molecular formula is C34H46O3S. The van der Waals surface area contributed by atoms with E-state index in [1.54, 1.807) is 24.3 Å². The van der Waals surface area contributed by atoms with Crippen LogP contribution in [-0.2, 0) is 21.2 Å². The average molecular weight is 535 g/mol. The molecule has 2 aromatic rings. The Morgan fingerprint density at radius 3 is 1.95 bits per heavy atom. The van der Waals surface area contributed by atoms with Gasteiger partial charge in [0.05, 0.1) is 23.4 Å². The summed E-state index contributed by atoms with van der Waals surface area (Å²) in [6.07, 6.45) is 13.9. The Bertz CT molecular complexity index is 1180. The van der Waals surface area contributed by atoms with E-state index in [9.17, 15) is 8.42 Å². The van der Waals surface area contributed by atoms with Gasteiger partial charge >= 0.3 is 0 Å². The molecule has 0 aliphatic carbocycles. The minimum absolute atomic E-state index is 0.371. The quantitative estimate of drug-likeness (QED) is 0.159. The Balaban J connectivity index is 2.02. The third-order valence-corrected chi connectivity index (χ3v) is 8.57. The van der Waals surface area contributed by atoms with Crippen LogP contribution < -0.4 is 0 Å². The SMILES string of the molecule is CC(C)=CCC/C(C)=C/CC/C(C)=C/CC(/C=C(\C)CCOCc1ccccc1)S(=O)(=O)c1ccccc1. The fourth-order valence-electron chi connectivity index (χ4n) is 4.12. The van der Waals surface area contributed by atoms with Gasteiger partial charge in [-0.3, -0.25) is 0 Å². The maximum absolute atomic E-state index is 13.5. The molecule has 0 aromatic heterocycles. The predicted molar refractivity (Wildman–Crippen MR) is 162 cm³/mol. The van der Waals surface area contributed by atoms with Gasteiger partial charge in [0.25, 0.3) is 0 Å². The Morgan fingerprint density at radius 2 is 1.32 bits per heavy atom. The average Bonchev–Trinajstić information content (AvgIpc) is 2.90. The molecule has 0 aliphatic heterocycles. The molecule has 0 radical (unpaired) electrons. The number of sulfone groups is 1. The number of allylic oxidation sites excluding steroid dienone is 6. The van der Waals surface area contributed by atoms with Crippen LogP contribution in [-0.4, -0.2) is 20.3 Å². The lowest BCUT2D eigenvalue weighted by molar-refractivity contribution is 0.124. The van der Waals surface area contributed by atoms with Crippen molar-refractivity contribution in [3.8, 4) is 0 Å². The van der Waals surface area contributed by atoms with Crippen molar-refractivity contribution >= 4 is 9.84 Å². The van der Waals surface area contributed by atoms with Gasteiger partial charge in [0, 0.05) is 0 Å².